The van der Waals surface area contributed by atoms with Crippen molar-refractivity contribution in [3.8, 4) is 0 Å². The summed E-state index contributed by atoms with van der Waals surface area (Å²) in [7, 11) is 0. The van der Waals surface area contributed by atoms with Crippen LogP contribution in [0.3, 0.4) is 0 Å². The van der Waals surface area contributed by atoms with E-state index in [4.69, 9.17) is 4.74 Å². The first-order valence-corrected chi connectivity index (χ1v) is 7.93. The average Bonchev–Trinajstić information content (AvgIpc) is 2.78. The van der Waals surface area contributed by atoms with Gasteiger partial charge < -0.3 is 4.74 Å². The van der Waals surface area contributed by atoms with Gasteiger partial charge in [-0.05, 0) is 37.8 Å². The molecule has 3 heteroatoms. The zero-order valence-electron chi connectivity index (χ0n) is 9.80. The highest BCUT2D eigenvalue weighted by Gasteiger charge is 2.32. The Morgan fingerprint density at radius 3 is 2.81 bits per heavy atom. The van der Waals surface area contributed by atoms with Gasteiger partial charge in [-0.3, -0.25) is 0 Å². The van der Waals surface area contributed by atoms with Gasteiger partial charge in [-0.1, -0.05) is 22.9 Å². The second-order valence-corrected chi connectivity index (χ2v) is 6.50. The lowest BCUT2D eigenvalue weighted by Gasteiger charge is -2.35. The monoisotopic (exact) mass is 302 g/mol. The summed E-state index contributed by atoms with van der Waals surface area (Å²) in [5, 5.41) is 1.05. The summed E-state index contributed by atoms with van der Waals surface area (Å²) in [5.41, 5.74) is 0.341. The lowest BCUT2D eigenvalue weighted by atomic mass is 9.81. The molecule has 0 bridgehead atoms. The van der Waals surface area contributed by atoms with Gasteiger partial charge in [0.05, 0.1) is 6.61 Å². The highest BCUT2D eigenvalue weighted by Crippen LogP contribution is 2.36. The van der Waals surface area contributed by atoms with Gasteiger partial charge >= 0.3 is 0 Å². The Morgan fingerprint density at radius 1 is 1.44 bits per heavy atom. The third-order valence-corrected chi connectivity index (χ3v) is 5.72. The molecule has 1 aromatic heterocycles. The van der Waals surface area contributed by atoms with Crippen molar-refractivity contribution < 1.29 is 4.74 Å². The molecule has 1 aliphatic rings. The van der Waals surface area contributed by atoms with E-state index in [9.17, 15) is 0 Å². The number of aryl methyl sites for hydroxylation is 1. The van der Waals surface area contributed by atoms with Gasteiger partial charge in [-0.25, -0.2) is 0 Å². The van der Waals surface area contributed by atoms with Gasteiger partial charge in [-0.15, -0.1) is 11.3 Å². The van der Waals surface area contributed by atoms with Crippen LogP contribution in [-0.2, 0) is 17.6 Å². The fourth-order valence-corrected chi connectivity index (χ4v) is 4.05. The summed E-state index contributed by atoms with van der Waals surface area (Å²) in [6.45, 7) is 4.08. The van der Waals surface area contributed by atoms with Crippen LogP contribution in [0.15, 0.2) is 12.1 Å². The van der Waals surface area contributed by atoms with Gasteiger partial charge in [0, 0.05) is 27.1 Å². The Hall–Kier alpha value is 0.140. The standard InChI is InChI=1S/C13H19BrOS/c1-2-11-4-5-12(16-11)8-13(9-14)6-3-7-15-10-13/h4-5H,2-3,6-10H2,1H3. The van der Waals surface area contributed by atoms with Crippen molar-refractivity contribution in [1.29, 1.82) is 0 Å². The van der Waals surface area contributed by atoms with E-state index >= 15 is 0 Å². The first-order valence-electron chi connectivity index (χ1n) is 5.99. The summed E-state index contributed by atoms with van der Waals surface area (Å²) < 4.78 is 5.66. The molecule has 1 fully saturated rings. The first kappa shape index (κ1) is 12.6. The molecule has 1 aliphatic heterocycles. The van der Waals surface area contributed by atoms with Crippen molar-refractivity contribution in [1.82, 2.24) is 0 Å². The van der Waals surface area contributed by atoms with Crippen molar-refractivity contribution in [2.24, 2.45) is 5.41 Å². The van der Waals surface area contributed by atoms with Crippen molar-refractivity contribution in [3.05, 3.63) is 21.9 Å². The van der Waals surface area contributed by atoms with Crippen LogP contribution in [0, 0.1) is 5.41 Å². The van der Waals surface area contributed by atoms with Crippen LogP contribution in [0.4, 0.5) is 0 Å². The molecule has 1 saturated heterocycles. The van der Waals surface area contributed by atoms with Gasteiger partial charge in [-0.2, -0.15) is 0 Å². The minimum atomic E-state index is 0.341. The van der Waals surface area contributed by atoms with Crippen LogP contribution in [0.25, 0.3) is 0 Å². The summed E-state index contributed by atoms with van der Waals surface area (Å²) in [5.74, 6) is 0. The van der Waals surface area contributed by atoms with E-state index in [0.717, 1.165) is 25.0 Å². The normalized spacial score (nSPS) is 25.9. The molecule has 0 saturated carbocycles. The second-order valence-electron chi connectivity index (χ2n) is 4.69. The quantitative estimate of drug-likeness (QED) is 0.763. The molecule has 0 aromatic carbocycles. The minimum Gasteiger partial charge on any atom is -0.381 e. The van der Waals surface area contributed by atoms with Gasteiger partial charge in [0.2, 0.25) is 0 Å². The Kier molecular flexibility index (Phi) is 4.45. The number of alkyl halides is 1. The molecule has 0 radical (unpaired) electrons. The van der Waals surface area contributed by atoms with Gasteiger partial charge in [0.1, 0.15) is 0 Å². The van der Waals surface area contributed by atoms with E-state index < -0.39 is 0 Å². The molecule has 90 valence electrons. The number of hydrogen-bond donors (Lipinski definition) is 0. The molecule has 0 amide bonds. The number of halogens is 1. The summed E-state index contributed by atoms with van der Waals surface area (Å²) in [6.07, 6.45) is 4.82. The van der Waals surface area contributed by atoms with E-state index in [1.807, 2.05) is 11.3 Å². The number of ether oxygens (including phenoxy) is 1. The van der Waals surface area contributed by atoms with E-state index in [1.165, 1.54) is 29.0 Å². The maximum atomic E-state index is 5.66. The van der Waals surface area contributed by atoms with Crippen molar-refractivity contribution in [2.45, 2.75) is 32.6 Å². The van der Waals surface area contributed by atoms with Crippen LogP contribution < -0.4 is 0 Å². The maximum Gasteiger partial charge on any atom is 0.0533 e. The molecular weight excluding hydrogens is 284 g/mol. The third-order valence-electron chi connectivity index (χ3n) is 3.30. The first-order chi connectivity index (χ1) is 7.78. The molecule has 2 rings (SSSR count). The van der Waals surface area contributed by atoms with Crippen molar-refractivity contribution in [2.75, 3.05) is 18.5 Å². The molecule has 16 heavy (non-hydrogen) atoms. The lowest BCUT2D eigenvalue weighted by molar-refractivity contribution is 0.00654. The predicted molar refractivity (Wildman–Crippen MR) is 73.7 cm³/mol. The Balaban J connectivity index is 2.05. The zero-order valence-corrected chi connectivity index (χ0v) is 12.2. The van der Waals surface area contributed by atoms with Crippen LogP contribution in [-0.4, -0.2) is 18.5 Å². The number of rotatable bonds is 4. The number of thiophene rings is 1. The summed E-state index contributed by atoms with van der Waals surface area (Å²) in [4.78, 5) is 3.01. The Morgan fingerprint density at radius 2 is 2.25 bits per heavy atom. The highest BCUT2D eigenvalue weighted by molar-refractivity contribution is 9.09. The fourth-order valence-electron chi connectivity index (χ4n) is 2.28. The SMILES string of the molecule is CCc1ccc(CC2(CBr)CCCOC2)s1. The highest BCUT2D eigenvalue weighted by atomic mass is 79.9. The molecule has 0 aliphatic carbocycles. The lowest BCUT2D eigenvalue weighted by Crippen LogP contribution is -2.35. The molecule has 1 atom stereocenters. The Bertz CT molecular complexity index is 328. The van der Waals surface area contributed by atoms with Crippen molar-refractivity contribution in [3.63, 3.8) is 0 Å². The maximum absolute atomic E-state index is 5.66. The van der Waals surface area contributed by atoms with Crippen LogP contribution in [0.5, 0.6) is 0 Å². The molecule has 1 unspecified atom stereocenters. The predicted octanol–water partition coefficient (Wildman–Crippen LogP) is 4.04. The van der Waals surface area contributed by atoms with Crippen molar-refractivity contribution >= 4 is 27.3 Å². The smallest absolute Gasteiger partial charge is 0.0533 e. The van der Waals surface area contributed by atoms with Crippen LogP contribution >= 0.6 is 27.3 Å². The minimum absolute atomic E-state index is 0.341. The largest absolute Gasteiger partial charge is 0.381 e. The van der Waals surface area contributed by atoms with Gasteiger partial charge in [0.15, 0.2) is 0 Å². The van der Waals surface area contributed by atoms with Crippen LogP contribution in [0.1, 0.15) is 29.5 Å². The molecule has 1 nitrogen and oxygen atoms in total. The van der Waals surface area contributed by atoms with Crippen LogP contribution in [0.2, 0.25) is 0 Å². The average molecular weight is 303 g/mol. The zero-order chi connectivity index (χ0) is 11.4. The summed E-state index contributed by atoms with van der Waals surface area (Å²) >= 11 is 5.64. The topological polar surface area (TPSA) is 9.23 Å². The van der Waals surface area contributed by atoms with E-state index in [2.05, 4.69) is 35.0 Å². The molecule has 0 spiro atoms. The molecule has 1 aromatic rings. The fraction of sp³-hybridized carbons (Fsp3) is 0.692. The molecular formula is C13H19BrOS. The third kappa shape index (κ3) is 2.88. The summed E-state index contributed by atoms with van der Waals surface area (Å²) in [6, 6.07) is 4.56. The van der Waals surface area contributed by atoms with E-state index in [-0.39, 0.29) is 0 Å². The molecule has 2 heterocycles. The van der Waals surface area contributed by atoms with E-state index in [0.29, 0.717) is 5.41 Å². The Labute approximate surface area is 110 Å². The number of hydrogen-bond acceptors (Lipinski definition) is 2. The second kappa shape index (κ2) is 5.65. The molecule has 0 N–H and O–H groups in total. The van der Waals surface area contributed by atoms with E-state index in [1.54, 1.807) is 0 Å². The van der Waals surface area contributed by atoms with Gasteiger partial charge in [0.25, 0.3) is 0 Å².